The highest BCUT2D eigenvalue weighted by Crippen LogP contribution is 2.26. The van der Waals surface area contributed by atoms with Gasteiger partial charge in [-0.05, 0) is 61.1 Å². The Labute approximate surface area is 199 Å². The maximum atomic E-state index is 14.9. The zero-order valence-corrected chi connectivity index (χ0v) is 19.7. The normalized spacial score (nSPS) is 20.1. The van der Waals surface area contributed by atoms with E-state index in [0.717, 1.165) is 72.7 Å². The van der Waals surface area contributed by atoms with Gasteiger partial charge >= 0.3 is 0 Å². The van der Waals surface area contributed by atoms with Crippen molar-refractivity contribution >= 4 is 11.5 Å². The number of hydrogen-bond donors (Lipinski definition) is 1. The van der Waals surface area contributed by atoms with E-state index < -0.39 is 11.7 Å². The summed E-state index contributed by atoms with van der Waals surface area (Å²) in [6, 6.07) is 2.85. The first kappa shape index (κ1) is 22.7. The van der Waals surface area contributed by atoms with E-state index in [9.17, 15) is 9.18 Å². The average Bonchev–Trinajstić information content (AvgIpc) is 3.18. The number of rotatable bonds is 5. The van der Waals surface area contributed by atoms with Crippen molar-refractivity contribution in [1.29, 1.82) is 0 Å². The highest BCUT2D eigenvalue weighted by atomic mass is 19.1. The minimum absolute atomic E-state index is 0.0724. The topological polar surface area (TPSA) is 72.3 Å². The smallest absolute Gasteiger partial charge is 0.254 e. The molecule has 178 valence electrons. The van der Waals surface area contributed by atoms with Crippen LogP contribution in [0.25, 0.3) is 5.57 Å². The molecule has 0 saturated heterocycles. The van der Waals surface area contributed by atoms with Crippen LogP contribution in [0.1, 0.15) is 52.9 Å². The number of fused-ring (bicyclic) bond motifs is 2. The van der Waals surface area contributed by atoms with Crippen LogP contribution in [0.3, 0.4) is 0 Å². The lowest BCUT2D eigenvalue weighted by atomic mass is 9.96. The Kier molecular flexibility index (Phi) is 6.43. The van der Waals surface area contributed by atoms with Crippen molar-refractivity contribution in [1.82, 2.24) is 25.0 Å². The standard InChI is InChI=1S/C26H30FN5O2/c1-17-12-19(25-30-29-24-8-3-4-10-32(24)25)6-5-7-23(17)28-26(33)21-13-20-15-31(16-34-2)11-9-18(20)14-22(21)27/h5-7,12-14,23H,3-4,8-11,15-16H2,1-2H3,(H,28,33). The molecule has 1 atom stereocenters. The molecule has 2 aliphatic heterocycles. The molecule has 5 rings (SSSR count). The number of aryl methyl sites for hydroxylation is 1. The number of methoxy groups -OCH3 is 1. The van der Waals surface area contributed by atoms with Crippen molar-refractivity contribution in [3.05, 3.63) is 76.2 Å². The second-order valence-corrected chi connectivity index (χ2v) is 9.22. The van der Waals surface area contributed by atoms with Crippen molar-refractivity contribution in [2.75, 3.05) is 20.4 Å². The SMILES string of the molecule is COCN1CCc2cc(F)c(C(=O)NC3C=CC=C(c4nnc5n4CCCC5)C=C3C)cc2C1. The fraction of sp³-hybridized carbons (Fsp3) is 0.423. The van der Waals surface area contributed by atoms with E-state index in [1.54, 1.807) is 13.2 Å². The predicted octanol–water partition coefficient (Wildman–Crippen LogP) is 3.41. The zero-order valence-electron chi connectivity index (χ0n) is 19.7. The summed E-state index contributed by atoms with van der Waals surface area (Å²) in [7, 11) is 1.66. The molecule has 1 unspecified atom stereocenters. The van der Waals surface area contributed by atoms with Gasteiger partial charge in [0.25, 0.3) is 5.91 Å². The van der Waals surface area contributed by atoms with Crippen LogP contribution < -0.4 is 5.32 Å². The molecule has 1 aromatic heterocycles. The van der Waals surface area contributed by atoms with E-state index in [2.05, 4.69) is 25.0 Å². The quantitative estimate of drug-likeness (QED) is 0.736. The van der Waals surface area contributed by atoms with Crippen LogP contribution >= 0.6 is 0 Å². The Bertz CT molecular complexity index is 1200. The van der Waals surface area contributed by atoms with Gasteiger partial charge in [-0.15, -0.1) is 10.2 Å². The van der Waals surface area contributed by atoms with E-state index in [-0.39, 0.29) is 11.6 Å². The molecular weight excluding hydrogens is 433 g/mol. The summed E-state index contributed by atoms with van der Waals surface area (Å²) in [5, 5.41) is 11.8. The molecule has 1 aliphatic carbocycles. The van der Waals surface area contributed by atoms with Crippen LogP contribution in [0.2, 0.25) is 0 Å². The first-order valence-electron chi connectivity index (χ1n) is 11.9. The van der Waals surface area contributed by atoms with Crippen LogP contribution in [-0.4, -0.2) is 52.0 Å². The van der Waals surface area contributed by atoms with Gasteiger partial charge in [-0.1, -0.05) is 18.2 Å². The van der Waals surface area contributed by atoms with E-state index in [4.69, 9.17) is 4.74 Å². The largest absolute Gasteiger partial charge is 0.369 e. The molecule has 3 heterocycles. The number of benzene rings is 1. The minimum atomic E-state index is -0.482. The van der Waals surface area contributed by atoms with E-state index >= 15 is 0 Å². The number of carbonyl (C=O) groups is 1. The average molecular weight is 464 g/mol. The molecule has 1 amide bonds. The van der Waals surface area contributed by atoms with Gasteiger partial charge in [-0.2, -0.15) is 0 Å². The number of allylic oxidation sites excluding steroid dienone is 4. The molecule has 3 aliphatic rings. The summed E-state index contributed by atoms with van der Waals surface area (Å²) in [4.78, 5) is 15.2. The molecule has 8 heteroatoms. The van der Waals surface area contributed by atoms with Crippen molar-refractivity contribution in [2.45, 2.75) is 51.7 Å². The van der Waals surface area contributed by atoms with E-state index in [0.29, 0.717) is 13.3 Å². The number of ether oxygens (including phenoxy) is 1. The maximum absolute atomic E-state index is 14.9. The van der Waals surface area contributed by atoms with Gasteiger partial charge in [0.1, 0.15) is 11.6 Å². The van der Waals surface area contributed by atoms with E-state index in [1.165, 1.54) is 6.07 Å². The maximum Gasteiger partial charge on any atom is 0.254 e. The second kappa shape index (κ2) is 9.64. The second-order valence-electron chi connectivity index (χ2n) is 9.22. The monoisotopic (exact) mass is 463 g/mol. The lowest BCUT2D eigenvalue weighted by Gasteiger charge is -2.28. The van der Waals surface area contributed by atoms with Crippen LogP contribution in [0, 0.1) is 5.82 Å². The Morgan fingerprint density at radius 2 is 2.09 bits per heavy atom. The Morgan fingerprint density at radius 1 is 1.21 bits per heavy atom. The summed E-state index contributed by atoms with van der Waals surface area (Å²) >= 11 is 0. The van der Waals surface area contributed by atoms with Crippen LogP contribution in [0.4, 0.5) is 4.39 Å². The molecule has 0 radical (unpaired) electrons. The first-order chi connectivity index (χ1) is 16.5. The molecule has 0 saturated carbocycles. The van der Waals surface area contributed by atoms with Crippen LogP contribution in [-0.2, 0) is 30.7 Å². The van der Waals surface area contributed by atoms with Gasteiger partial charge in [-0.3, -0.25) is 9.69 Å². The molecule has 34 heavy (non-hydrogen) atoms. The molecule has 0 spiro atoms. The van der Waals surface area contributed by atoms with Crippen molar-refractivity contribution in [3.8, 4) is 0 Å². The molecule has 1 aromatic carbocycles. The molecule has 0 bridgehead atoms. The van der Waals surface area contributed by atoms with Crippen LogP contribution in [0.5, 0.6) is 0 Å². The Morgan fingerprint density at radius 3 is 2.94 bits per heavy atom. The van der Waals surface area contributed by atoms with Gasteiger partial charge in [0.15, 0.2) is 5.82 Å². The molecule has 0 fully saturated rings. The lowest BCUT2D eigenvalue weighted by molar-refractivity contribution is 0.0543. The van der Waals surface area contributed by atoms with Gasteiger partial charge < -0.3 is 14.6 Å². The number of halogens is 1. The highest BCUT2D eigenvalue weighted by molar-refractivity contribution is 5.95. The van der Waals surface area contributed by atoms with Crippen molar-refractivity contribution in [2.24, 2.45) is 0 Å². The predicted molar refractivity (Wildman–Crippen MR) is 127 cm³/mol. The van der Waals surface area contributed by atoms with Gasteiger partial charge in [0, 0.05) is 38.7 Å². The molecule has 2 aromatic rings. The lowest BCUT2D eigenvalue weighted by Crippen LogP contribution is -2.36. The number of amides is 1. The number of carbonyl (C=O) groups excluding carboxylic acids is 1. The summed E-state index contributed by atoms with van der Waals surface area (Å²) in [5.74, 6) is 0.977. The van der Waals surface area contributed by atoms with Gasteiger partial charge in [0.05, 0.1) is 18.3 Å². The third-order valence-electron chi connectivity index (χ3n) is 6.79. The third kappa shape index (κ3) is 4.48. The summed E-state index contributed by atoms with van der Waals surface area (Å²) in [6.45, 7) is 4.86. The van der Waals surface area contributed by atoms with Crippen molar-refractivity contribution < 1.29 is 13.9 Å². The van der Waals surface area contributed by atoms with Gasteiger partial charge in [-0.25, -0.2) is 4.39 Å². The Balaban J connectivity index is 1.33. The number of hydrogen-bond acceptors (Lipinski definition) is 5. The zero-order chi connectivity index (χ0) is 23.7. The van der Waals surface area contributed by atoms with Gasteiger partial charge in [0.2, 0.25) is 0 Å². The highest BCUT2D eigenvalue weighted by Gasteiger charge is 2.24. The number of nitrogens with one attached hydrogen (secondary N) is 1. The molecule has 1 N–H and O–H groups in total. The molecular formula is C26H30FN5O2. The fourth-order valence-corrected chi connectivity index (χ4v) is 4.95. The summed E-state index contributed by atoms with van der Waals surface area (Å²) in [6.07, 6.45) is 11.8. The number of aromatic nitrogens is 3. The minimum Gasteiger partial charge on any atom is -0.369 e. The Hall–Kier alpha value is -3.10. The number of nitrogens with zero attached hydrogens (tertiary/aromatic N) is 4. The summed E-state index contributed by atoms with van der Waals surface area (Å²) < 4.78 is 22.3. The fourth-order valence-electron chi connectivity index (χ4n) is 4.95. The first-order valence-corrected chi connectivity index (χ1v) is 11.9. The summed E-state index contributed by atoms with van der Waals surface area (Å²) in [5.41, 5.74) is 3.91. The van der Waals surface area contributed by atoms with E-state index in [1.807, 2.05) is 31.2 Å². The third-order valence-corrected chi connectivity index (χ3v) is 6.79. The molecule has 7 nitrogen and oxygen atoms in total. The van der Waals surface area contributed by atoms with Crippen molar-refractivity contribution in [3.63, 3.8) is 0 Å². The van der Waals surface area contributed by atoms with Crippen LogP contribution in [0.15, 0.2) is 42.0 Å².